The van der Waals surface area contributed by atoms with Crippen molar-refractivity contribution in [1.29, 1.82) is 0 Å². The highest BCUT2D eigenvalue weighted by Gasteiger charge is 2.30. The molecule has 8 nitrogen and oxygen atoms in total. The highest BCUT2D eigenvalue weighted by Crippen LogP contribution is 2.25. The standard InChI is InChI=1S/C24H24FN5O3S2/c1-16-6-7-17(2)21(12-16)35(32,33)29-10-8-28(9-11-29)15-20-14-22(31)30-24(26-20)34-23(27-30)18-4-3-5-19(25)13-18/h3-7,12-14H,8-11,15H2,1-2H3. The third-order valence-electron chi connectivity index (χ3n) is 6.05. The van der Waals surface area contributed by atoms with Gasteiger partial charge in [-0.05, 0) is 43.2 Å². The van der Waals surface area contributed by atoms with Gasteiger partial charge in [0.2, 0.25) is 15.0 Å². The lowest BCUT2D eigenvalue weighted by Crippen LogP contribution is -2.48. The molecule has 2 aromatic heterocycles. The summed E-state index contributed by atoms with van der Waals surface area (Å²) in [5, 5.41) is 4.81. The van der Waals surface area contributed by atoms with Crippen LogP contribution in [0.1, 0.15) is 16.8 Å². The average molecular weight is 514 g/mol. The molecule has 0 spiro atoms. The molecule has 35 heavy (non-hydrogen) atoms. The van der Waals surface area contributed by atoms with Gasteiger partial charge in [-0.2, -0.15) is 13.9 Å². The van der Waals surface area contributed by atoms with Crippen LogP contribution in [0.4, 0.5) is 4.39 Å². The molecule has 0 unspecified atom stereocenters. The fraction of sp³-hybridized carbons (Fsp3) is 0.292. The summed E-state index contributed by atoms with van der Waals surface area (Å²) in [6.07, 6.45) is 0. The van der Waals surface area contributed by atoms with Gasteiger partial charge in [-0.1, -0.05) is 35.6 Å². The topological polar surface area (TPSA) is 87.9 Å². The fourth-order valence-corrected chi connectivity index (χ4v) is 6.81. The number of sulfonamides is 1. The lowest BCUT2D eigenvalue weighted by molar-refractivity contribution is 0.180. The Morgan fingerprint density at radius 3 is 2.54 bits per heavy atom. The monoisotopic (exact) mass is 513 g/mol. The molecule has 0 atom stereocenters. The summed E-state index contributed by atoms with van der Waals surface area (Å²) < 4.78 is 42.7. The van der Waals surface area contributed by atoms with Crippen molar-refractivity contribution >= 4 is 26.3 Å². The third kappa shape index (κ3) is 4.76. The van der Waals surface area contributed by atoms with E-state index < -0.39 is 10.0 Å². The zero-order valence-electron chi connectivity index (χ0n) is 19.3. The van der Waals surface area contributed by atoms with Crippen LogP contribution in [0.5, 0.6) is 0 Å². The Labute approximate surface area is 206 Å². The number of hydrogen-bond acceptors (Lipinski definition) is 7. The van der Waals surface area contributed by atoms with Crippen molar-refractivity contribution in [2.45, 2.75) is 25.3 Å². The van der Waals surface area contributed by atoms with Crippen LogP contribution in [0.3, 0.4) is 0 Å². The number of hydrogen-bond donors (Lipinski definition) is 0. The fourth-order valence-electron chi connectivity index (χ4n) is 4.16. The number of aryl methyl sites for hydroxylation is 2. The summed E-state index contributed by atoms with van der Waals surface area (Å²) in [6, 6.07) is 13.0. The molecule has 182 valence electrons. The van der Waals surface area contributed by atoms with Crippen molar-refractivity contribution in [3.8, 4) is 10.6 Å². The summed E-state index contributed by atoms with van der Waals surface area (Å²) in [4.78, 5) is 20.1. The second kappa shape index (κ2) is 9.23. The van der Waals surface area contributed by atoms with E-state index in [9.17, 15) is 17.6 Å². The van der Waals surface area contributed by atoms with Gasteiger partial charge >= 0.3 is 0 Å². The largest absolute Gasteiger partial charge is 0.295 e. The van der Waals surface area contributed by atoms with Gasteiger partial charge in [0, 0.05) is 44.4 Å². The maximum absolute atomic E-state index is 13.6. The first-order valence-electron chi connectivity index (χ1n) is 11.2. The molecule has 5 rings (SSSR count). The summed E-state index contributed by atoms with van der Waals surface area (Å²) >= 11 is 1.22. The number of piperazine rings is 1. The molecule has 0 amide bonds. The number of aromatic nitrogens is 3. The molecule has 1 fully saturated rings. The minimum absolute atomic E-state index is 0.306. The molecular formula is C24H24FN5O3S2. The molecule has 1 aliphatic rings. The Morgan fingerprint density at radius 1 is 1.03 bits per heavy atom. The first kappa shape index (κ1) is 23.7. The molecule has 0 bridgehead atoms. The molecule has 0 aliphatic carbocycles. The molecule has 1 saturated heterocycles. The Hall–Kier alpha value is -2.99. The quantitative estimate of drug-likeness (QED) is 0.408. The summed E-state index contributed by atoms with van der Waals surface area (Å²) in [7, 11) is -3.57. The summed E-state index contributed by atoms with van der Waals surface area (Å²) in [5.74, 6) is -0.374. The first-order valence-corrected chi connectivity index (χ1v) is 13.4. The molecule has 0 saturated carbocycles. The zero-order valence-corrected chi connectivity index (χ0v) is 20.9. The van der Waals surface area contributed by atoms with Crippen molar-refractivity contribution in [2.75, 3.05) is 26.2 Å². The van der Waals surface area contributed by atoms with E-state index in [0.29, 0.717) is 58.8 Å². The normalized spacial score (nSPS) is 15.6. The predicted octanol–water partition coefficient (Wildman–Crippen LogP) is 3.08. The van der Waals surface area contributed by atoms with Crippen LogP contribution >= 0.6 is 11.3 Å². The van der Waals surface area contributed by atoms with Gasteiger partial charge in [-0.15, -0.1) is 0 Å². The zero-order chi connectivity index (χ0) is 24.7. The van der Waals surface area contributed by atoms with E-state index in [1.807, 2.05) is 26.0 Å². The van der Waals surface area contributed by atoms with Gasteiger partial charge in [0.1, 0.15) is 10.8 Å². The molecule has 3 heterocycles. The second-order valence-corrected chi connectivity index (χ2v) is 11.5. The molecule has 0 N–H and O–H groups in total. The third-order valence-corrected chi connectivity index (χ3v) is 9.05. The Bertz CT molecular complexity index is 1570. The van der Waals surface area contributed by atoms with E-state index in [1.165, 1.54) is 38.4 Å². The van der Waals surface area contributed by atoms with Crippen LogP contribution in [-0.2, 0) is 16.6 Å². The Kier molecular flexibility index (Phi) is 6.26. The Balaban J connectivity index is 1.31. The van der Waals surface area contributed by atoms with Gasteiger partial charge in [0.15, 0.2) is 0 Å². The van der Waals surface area contributed by atoms with Gasteiger partial charge in [0.05, 0.1) is 10.6 Å². The molecule has 2 aromatic carbocycles. The van der Waals surface area contributed by atoms with Crippen LogP contribution < -0.4 is 5.56 Å². The van der Waals surface area contributed by atoms with E-state index in [1.54, 1.807) is 18.2 Å². The van der Waals surface area contributed by atoms with Crippen LogP contribution in [0.15, 0.2) is 58.2 Å². The van der Waals surface area contributed by atoms with Crippen molar-refractivity contribution in [3.05, 3.63) is 81.5 Å². The van der Waals surface area contributed by atoms with Crippen molar-refractivity contribution in [2.24, 2.45) is 0 Å². The minimum Gasteiger partial charge on any atom is -0.295 e. The van der Waals surface area contributed by atoms with E-state index in [2.05, 4.69) is 15.0 Å². The minimum atomic E-state index is -3.57. The Morgan fingerprint density at radius 2 is 1.80 bits per heavy atom. The van der Waals surface area contributed by atoms with Crippen LogP contribution in [-0.4, -0.2) is 58.4 Å². The second-order valence-electron chi connectivity index (χ2n) is 8.65. The smallest absolute Gasteiger partial charge is 0.275 e. The lowest BCUT2D eigenvalue weighted by Gasteiger charge is -2.34. The van der Waals surface area contributed by atoms with Gasteiger partial charge < -0.3 is 0 Å². The molecule has 1 aliphatic heterocycles. The van der Waals surface area contributed by atoms with Crippen molar-refractivity contribution < 1.29 is 12.8 Å². The molecule has 11 heteroatoms. The van der Waals surface area contributed by atoms with Crippen LogP contribution in [0, 0.1) is 19.7 Å². The average Bonchev–Trinajstić information content (AvgIpc) is 3.26. The first-order chi connectivity index (χ1) is 16.7. The van der Waals surface area contributed by atoms with Gasteiger partial charge in [0.25, 0.3) is 5.56 Å². The SMILES string of the molecule is Cc1ccc(C)c(S(=O)(=O)N2CCN(Cc3cc(=O)n4nc(-c5cccc(F)c5)sc4n3)CC2)c1. The van der Waals surface area contributed by atoms with Crippen LogP contribution in [0.2, 0.25) is 0 Å². The number of halogens is 1. The number of fused-ring (bicyclic) bond motifs is 1. The highest BCUT2D eigenvalue weighted by atomic mass is 32.2. The summed E-state index contributed by atoms with van der Waals surface area (Å²) in [6.45, 7) is 5.90. The summed E-state index contributed by atoms with van der Waals surface area (Å²) in [5.41, 5.74) is 2.51. The molecule has 4 aromatic rings. The maximum Gasteiger partial charge on any atom is 0.275 e. The molecular weight excluding hydrogens is 489 g/mol. The van der Waals surface area contributed by atoms with E-state index in [-0.39, 0.29) is 11.4 Å². The van der Waals surface area contributed by atoms with Crippen molar-refractivity contribution in [3.63, 3.8) is 0 Å². The van der Waals surface area contributed by atoms with Gasteiger partial charge in [-0.3, -0.25) is 9.69 Å². The van der Waals surface area contributed by atoms with E-state index in [0.717, 1.165) is 11.1 Å². The molecule has 0 radical (unpaired) electrons. The van der Waals surface area contributed by atoms with E-state index >= 15 is 0 Å². The van der Waals surface area contributed by atoms with Gasteiger partial charge in [-0.25, -0.2) is 17.8 Å². The number of rotatable bonds is 5. The predicted molar refractivity (Wildman–Crippen MR) is 132 cm³/mol. The van der Waals surface area contributed by atoms with Crippen molar-refractivity contribution in [1.82, 2.24) is 23.8 Å². The van der Waals surface area contributed by atoms with E-state index in [4.69, 9.17) is 0 Å². The lowest BCUT2D eigenvalue weighted by atomic mass is 10.2. The highest BCUT2D eigenvalue weighted by molar-refractivity contribution is 7.89. The maximum atomic E-state index is 13.6. The number of nitrogens with zero attached hydrogens (tertiary/aromatic N) is 5. The van der Waals surface area contributed by atoms with Crippen LogP contribution in [0.25, 0.3) is 15.5 Å². The number of benzene rings is 2.